The Morgan fingerprint density at radius 3 is 2.65 bits per heavy atom. The lowest BCUT2D eigenvalue weighted by Gasteiger charge is -2.18. The minimum Gasteiger partial charge on any atom is -0.399 e. The van der Waals surface area contributed by atoms with E-state index in [0.717, 1.165) is 0 Å². The fraction of sp³-hybridized carbons (Fsp3) is 0.308. The molecule has 0 saturated heterocycles. The molecule has 1 amide bonds. The van der Waals surface area contributed by atoms with Crippen molar-refractivity contribution in [3.8, 4) is 0 Å². The third-order valence-corrected chi connectivity index (χ3v) is 4.35. The summed E-state index contributed by atoms with van der Waals surface area (Å²) in [6.45, 7) is 0. The highest BCUT2D eigenvalue weighted by Crippen LogP contribution is 2.23. The average Bonchev–Trinajstić information content (AvgIpc) is 2.68. The molecule has 1 heterocycles. The zero-order chi connectivity index (χ0) is 14.9. The van der Waals surface area contributed by atoms with Gasteiger partial charge in [0, 0.05) is 30.9 Å². The van der Waals surface area contributed by atoms with E-state index < -0.39 is 9.84 Å². The minimum atomic E-state index is -3.14. The maximum atomic E-state index is 12.1. The zero-order valence-electron chi connectivity index (χ0n) is 11.3. The number of benzene rings is 1. The van der Waals surface area contributed by atoms with Gasteiger partial charge in [-0.3, -0.25) is 4.79 Å². The van der Waals surface area contributed by atoms with E-state index in [0.29, 0.717) is 16.9 Å². The molecule has 7 heteroatoms. The fourth-order valence-electron chi connectivity index (χ4n) is 1.97. The lowest BCUT2D eigenvalue weighted by molar-refractivity contribution is 0.0828. The first-order valence-corrected chi connectivity index (χ1v) is 7.79. The summed E-state index contributed by atoms with van der Waals surface area (Å²) in [6, 6.07) is 4.56. The predicted octanol–water partition coefficient (Wildman–Crippen LogP) is 0.693. The van der Waals surface area contributed by atoms with Gasteiger partial charge in [-0.25, -0.2) is 8.42 Å². The van der Waals surface area contributed by atoms with Crippen molar-refractivity contribution in [3.05, 3.63) is 35.2 Å². The minimum absolute atomic E-state index is 0.0165. The van der Waals surface area contributed by atoms with Crippen LogP contribution in [0, 0.1) is 0 Å². The number of rotatable bonds is 3. The smallest absolute Gasteiger partial charge is 0.255 e. The molecule has 0 bridgehead atoms. The van der Waals surface area contributed by atoms with Gasteiger partial charge in [0.25, 0.3) is 5.91 Å². The second-order valence-corrected chi connectivity index (χ2v) is 6.84. The molecule has 0 spiro atoms. The number of carbonyl (C=O) groups is 1. The first-order valence-electron chi connectivity index (χ1n) is 6.07. The average molecular weight is 295 g/mol. The van der Waals surface area contributed by atoms with Crippen LogP contribution in [0.4, 0.5) is 11.4 Å². The summed E-state index contributed by atoms with van der Waals surface area (Å²) >= 11 is 0. The van der Waals surface area contributed by atoms with Gasteiger partial charge in [0.2, 0.25) is 0 Å². The van der Waals surface area contributed by atoms with Crippen LogP contribution >= 0.6 is 0 Å². The summed E-state index contributed by atoms with van der Waals surface area (Å²) in [5.41, 5.74) is 7.23. The van der Waals surface area contributed by atoms with Crippen molar-refractivity contribution in [1.82, 2.24) is 4.90 Å². The third-order valence-electron chi connectivity index (χ3n) is 2.95. The lowest BCUT2D eigenvalue weighted by atomic mass is 10.1. The molecular weight excluding hydrogens is 278 g/mol. The Morgan fingerprint density at radius 2 is 2.10 bits per heavy atom. The zero-order valence-corrected chi connectivity index (χ0v) is 12.1. The molecule has 3 N–H and O–H groups in total. The maximum absolute atomic E-state index is 12.1. The molecule has 0 aliphatic carbocycles. The van der Waals surface area contributed by atoms with Gasteiger partial charge in [0.1, 0.15) is 0 Å². The molecule has 0 aromatic heterocycles. The molecule has 1 aliphatic heterocycles. The van der Waals surface area contributed by atoms with Gasteiger partial charge in [-0.1, -0.05) is 6.08 Å². The second kappa shape index (κ2) is 5.16. The third kappa shape index (κ3) is 3.11. The Bertz CT molecular complexity index is 665. The molecule has 0 fully saturated rings. The van der Waals surface area contributed by atoms with Gasteiger partial charge in [0.05, 0.1) is 17.4 Å². The Kier molecular flexibility index (Phi) is 3.71. The molecule has 20 heavy (non-hydrogen) atoms. The predicted molar refractivity (Wildman–Crippen MR) is 79.2 cm³/mol. The molecule has 1 unspecified atom stereocenters. The number of nitrogens with zero attached hydrogens (tertiary/aromatic N) is 1. The van der Waals surface area contributed by atoms with Crippen molar-refractivity contribution >= 4 is 27.1 Å². The number of nitrogens with two attached hydrogens (primary N) is 1. The van der Waals surface area contributed by atoms with E-state index in [1.165, 1.54) is 10.3 Å². The number of amides is 1. The molecule has 1 atom stereocenters. The number of anilines is 2. The monoisotopic (exact) mass is 295 g/mol. The quantitative estimate of drug-likeness (QED) is 0.801. The van der Waals surface area contributed by atoms with Gasteiger partial charge < -0.3 is 16.0 Å². The summed E-state index contributed by atoms with van der Waals surface area (Å²) in [5, 5.41) is 4.23. The standard InChI is InChI=1S/C13H17N3O3S/c1-16(2)13(17)11-4-3-9(14)7-12(11)15-10-5-6-20(18,19)8-10/h3-7,10,15H,8,14H2,1-2H3. The Morgan fingerprint density at radius 1 is 1.40 bits per heavy atom. The van der Waals surface area contributed by atoms with Gasteiger partial charge in [-0.2, -0.15) is 0 Å². The number of hydrogen-bond acceptors (Lipinski definition) is 5. The van der Waals surface area contributed by atoms with E-state index in [2.05, 4.69) is 5.32 Å². The number of hydrogen-bond donors (Lipinski definition) is 2. The lowest BCUT2D eigenvalue weighted by Crippen LogP contribution is -2.26. The van der Waals surface area contributed by atoms with Crippen LogP contribution in [0.3, 0.4) is 0 Å². The Labute approximate surface area is 118 Å². The van der Waals surface area contributed by atoms with Crippen LogP contribution in [0.2, 0.25) is 0 Å². The second-order valence-electron chi connectivity index (χ2n) is 4.91. The summed E-state index contributed by atoms with van der Waals surface area (Å²) in [4.78, 5) is 13.5. The summed E-state index contributed by atoms with van der Waals surface area (Å²) < 4.78 is 22.8. The maximum Gasteiger partial charge on any atom is 0.255 e. The van der Waals surface area contributed by atoms with E-state index in [-0.39, 0.29) is 17.7 Å². The first kappa shape index (κ1) is 14.4. The van der Waals surface area contributed by atoms with Crippen LogP contribution in [0.1, 0.15) is 10.4 Å². The normalized spacial score (nSPS) is 19.8. The van der Waals surface area contributed by atoms with Crippen molar-refractivity contribution in [3.63, 3.8) is 0 Å². The molecule has 108 valence electrons. The molecule has 0 saturated carbocycles. The van der Waals surface area contributed by atoms with Crippen molar-refractivity contribution in [1.29, 1.82) is 0 Å². The van der Waals surface area contributed by atoms with Crippen LogP contribution in [0.5, 0.6) is 0 Å². The first-order chi connectivity index (χ1) is 9.28. The molecule has 1 aliphatic rings. The van der Waals surface area contributed by atoms with E-state index in [1.54, 1.807) is 38.4 Å². The molecule has 6 nitrogen and oxygen atoms in total. The van der Waals surface area contributed by atoms with Crippen molar-refractivity contribution in [2.75, 3.05) is 30.9 Å². The number of carbonyl (C=O) groups excluding carboxylic acids is 1. The van der Waals surface area contributed by atoms with E-state index in [1.807, 2.05) is 0 Å². The van der Waals surface area contributed by atoms with E-state index in [9.17, 15) is 13.2 Å². The molecule has 1 aromatic carbocycles. The van der Waals surface area contributed by atoms with Gasteiger partial charge in [-0.05, 0) is 18.2 Å². The van der Waals surface area contributed by atoms with Crippen LogP contribution in [0.25, 0.3) is 0 Å². The SMILES string of the molecule is CN(C)C(=O)c1ccc(N)cc1NC1C=CS(=O)(=O)C1. The Balaban J connectivity index is 2.29. The van der Waals surface area contributed by atoms with E-state index in [4.69, 9.17) is 5.73 Å². The fourth-order valence-corrected chi connectivity index (χ4v) is 3.21. The number of nitrogen functional groups attached to an aromatic ring is 1. The molecule has 2 rings (SSSR count). The topological polar surface area (TPSA) is 92.5 Å². The highest BCUT2D eigenvalue weighted by atomic mass is 32.2. The summed E-state index contributed by atoms with van der Waals surface area (Å²) in [7, 11) is 0.166. The molecule has 1 aromatic rings. The van der Waals surface area contributed by atoms with Crippen LogP contribution in [-0.4, -0.2) is 45.1 Å². The van der Waals surface area contributed by atoms with Crippen LogP contribution in [-0.2, 0) is 9.84 Å². The van der Waals surface area contributed by atoms with Gasteiger partial charge >= 0.3 is 0 Å². The summed E-state index contributed by atoms with van der Waals surface area (Å²) in [5.74, 6) is -0.186. The van der Waals surface area contributed by atoms with Crippen molar-refractivity contribution < 1.29 is 13.2 Å². The number of sulfone groups is 1. The van der Waals surface area contributed by atoms with Gasteiger partial charge in [-0.15, -0.1) is 0 Å². The van der Waals surface area contributed by atoms with Gasteiger partial charge in [0.15, 0.2) is 9.84 Å². The summed E-state index contributed by atoms with van der Waals surface area (Å²) in [6.07, 6.45) is 1.57. The molecular formula is C13H17N3O3S. The van der Waals surface area contributed by atoms with Crippen LogP contribution in [0.15, 0.2) is 29.7 Å². The van der Waals surface area contributed by atoms with Crippen molar-refractivity contribution in [2.45, 2.75) is 6.04 Å². The van der Waals surface area contributed by atoms with Crippen molar-refractivity contribution in [2.24, 2.45) is 0 Å². The highest BCUT2D eigenvalue weighted by Gasteiger charge is 2.23. The largest absolute Gasteiger partial charge is 0.399 e. The van der Waals surface area contributed by atoms with E-state index >= 15 is 0 Å². The molecule has 0 radical (unpaired) electrons. The number of nitrogens with one attached hydrogen (secondary N) is 1. The Hall–Kier alpha value is -2.02. The highest BCUT2D eigenvalue weighted by molar-refractivity contribution is 7.94. The van der Waals surface area contributed by atoms with Crippen LogP contribution < -0.4 is 11.1 Å².